The van der Waals surface area contributed by atoms with Gasteiger partial charge in [0.15, 0.2) is 0 Å². The lowest BCUT2D eigenvalue weighted by Gasteiger charge is -2.29. The molecule has 1 unspecified atom stereocenters. The van der Waals surface area contributed by atoms with E-state index in [2.05, 4.69) is 0 Å². The zero-order valence-corrected chi connectivity index (χ0v) is 9.61. The van der Waals surface area contributed by atoms with E-state index in [1.54, 1.807) is 6.92 Å². The Balaban J connectivity index is 2.61. The summed E-state index contributed by atoms with van der Waals surface area (Å²) in [7, 11) is 0. The zero-order valence-electron chi connectivity index (χ0n) is 8.85. The molecule has 0 spiro atoms. The molecule has 92 valence electrons. The molecule has 0 aromatic heterocycles. The second kappa shape index (κ2) is 5.08. The maximum atomic E-state index is 12.3. The van der Waals surface area contributed by atoms with E-state index in [-0.39, 0.29) is 37.2 Å². The number of hydrogen-bond donors (Lipinski definition) is 0. The second-order valence-corrected chi connectivity index (χ2v) is 4.13. The fraction of sp³-hybridized carbons (Fsp3) is 0.700. The van der Waals surface area contributed by atoms with Gasteiger partial charge >= 0.3 is 6.18 Å². The summed E-state index contributed by atoms with van der Waals surface area (Å²) in [5.74, 6) is -0.347. The van der Waals surface area contributed by atoms with Crippen molar-refractivity contribution in [2.75, 3.05) is 19.0 Å². The normalized spacial score (nSPS) is 19.3. The molecule has 0 aliphatic carbocycles. The largest absolute Gasteiger partial charge is 0.412 e. The second-order valence-electron chi connectivity index (χ2n) is 3.82. The smallest absolute Gasteiger partial charge is 0.338 e. The molecule has 16 heavy (non-hydrogen) atoms. The highest BCUT2D eigenvalue weighted by molar-refractivity contribution is 6.19. The van der Waals surface area contributed by atoms with Crippen LogP contribution in [-0.2, 0) is 4.79 Å². The molecule has 6 heteroatoms. The van der Waals surface area contributed by atoms with E-state index in [0.29, 0.717) is 0 Å². The van der Waals surface area contributed by atoms with Crippen molar-refractivity contribution in [1.82, 2.24) is 4.90 Å². The number of carbonyl (C=O) groups excluding carboxylic acids is 1. The minimum atomic E-state index is -4.27. The van der Waals surface area contributed by atoms with Gasteiger partial charge in [0.05, 0.1) is 0 Å². The summed E-state index contributed by atoms with van der Waals surface area (Å²) < 4.78 is 36.9. The summed E-state index contributed by atoms with van der Waals surface area (Å²) in [6.45, 7) is 1.80. The van der Waals surface area contributed by atoms with Gasteiger partial charge in [-0.15, -0.1) is 11.6 Å². The third-order valence-corrected chi connectivity index (χ3v) is 3.00. The van der Waals surface area contributed by atoms with Crippen molar-refractivity contribution in [1.29, 1.82) is 0 Å². The number of hydrogen-bond acceptors (Lipinski definition) is 1. The van der Waals surface area contributed by atoms with Gasteiger partial charge in [-0.25, -0.2) is 0 Å². The van der Waals surface area contributed by atoms with Crippen molar-refractivity contribution in [3.05, 3.63) is 11.6 Å². The first-order chi connectivity index (χ1) is 7.36. The van der Waals surface area contributed by atoms with Crippen LogP contribution in [0.5, 0.6) is 0 Å². The summed E-state index contributed by atoms with van der Waals surface area (Å²) in [5.41, 5.74) is -0.546. The maximum absolute atomic E-state index is 12.3. The summed E-state index contributed by atoms with van der Waals surface area (Å²) in [5, 5.41) is 0. The van der Waals surface area contributed by atoms with Crippen LogP contribution in [0.4, 0.5) is 13.2 Å². The number of rotatable bonds is 2. The lowest BCUT2D eigenvalue weighted by molar-refractivity contribution is -0.135. The molecule has 1 rings (SSSR count). The lowest BCUT2D eigenvalue weighted by Crippen LogP contribution is -2.40. The fourth-order valence-electron chi connectivity index (χ4n) is 1.50. The Bertz CT molecular complexity index is 301. The van der Waals surface area contributed by atoms with Crippen LogP contribution in [-0.4, -0.2) is 36.0 Å². The number of amides is 1. The molecular weight excluding hydrogens is 243 g/mol. The van der Waals surface area contributed by atoms with E-state index in [1.165, 1.54) is 4.90 Å². The van der Waals surface area contributed by atoms with Gasteiger partial charge in [0, 0.05) is 30.5 Å². The van der Waals surface area contributed by atoms with Crippen LogP contribution in [0.2, 0.25) is 0 Å². The zero-order chi connectivity index (χ0) is 12.3. The van der Waals surface area contributed by atoms with E-state index >= 15 is 0 Å². The SMILES string of the molecule is CC(CCl)C(=O)N1CC=C(C(F)(F)F)CC1. The molecule has 1 heterocycles. The molecule has 0 saturated carbocycles. The highest BCUT2D eigenvalue weighted by Gasteiger charge is 2.35. The van der Waals surface area contributed by atoms with Gasteiger partial charge in [-0.2, -0.15) is 13.2 Å². The highest BCUT2D eigenvalue weighted by atomic mass is 35.5. The number of carbonyl (C=O) groups is 1. The van der Waals surface area contributed by atoms with Gasteiger partial charge in [0.2, 0.25) is 5.91 Å². The van der Waals surface area contributed by atoms with Crippen LogP contribution in [0.15, 0.2) is 11.6 Å². The molecule has 0 saturated heterocycles. The molecule has 1 amide bonds. The topological polar surface area (TPSA) is 20.3 Å². The molecular formula is C10H13ClF3NO. The molecule has 1 atom stereocenters. The van der Waals surface area contributed by atoms with Crippen molar-refractivity contribution in [3.8, 4) is 0 Å². The van der Waals surface area contributed by atoms with Crippen LogP contribution in [0.25, 0.3) is 0 Å². The quantitative estimate of drug-likeness (QED) is 0.549. The minimum absolute atomic E-state index is 0.0227. The maximum Gasteiger partial charge on any atom is 0.412 e. The average Bonchev–Trinajstić information content (AvgIpc) is 2.26. The number of halogens is 4. The van der Waals surface area contributed by atoms with E-state index in [0.717, 1.165) is 6.08 Å². The summed E-state index contributed by atoms with van der Waals surface area (Å²) in [6.07, 6.45) is -3.33. The van der Waals surface area contributed by atoms with E-state index in [9.17, 15) is 18.0 Å². The van der Waals surface area contributed by atoms with Crippen molar-refractivity contribution >= 4 is 17.5 Å². The first kappa shape index (κ1) is 13.4. The Morgan fingerprint density at radius 1 is 1.62 bits per heavy atom. The molecule has 0 N–H and O–H groups in total. The predicted octanol–water partition coefficient (Wildman–Crippen LogP) is 2.58. The molecule has 0 fully saturated rings. The Morgan fingerprint density at radius 2 is 2.25 bits per heavy atom. The summed E-state index contributed by atoms with van der Waals surface area (Å²) in [4.78, 5) is 13.0. The third-order valence-electron chi connectivity index (χ3n) is 2.54. The monoisotopic (exact) mass is 255 g/mol. The van der Waals surface area contributed by atoms with Crippen molar-refractivity contribution < 1.29 is 18.0 Å². The third kappa shape index (κ3) is 3.14. The van der Waals surface area contributed by atoms with Gasteiger partial charge in [-0.3, -0.25) is 4.79 Å². The average molecular weight is 256 g/mol. The molecule has 0 aromatic carbocycles. The van der Waals surface area contributed by atoms with Crippen molar-refractivity contribution in [2.45, 2.75) is 19.5 Å². The summed E-state index contributed by atoms with van der Waals surface area (Å²) in [6, 6.07) is 0. The van der Waals surface area contributed by atoms with Crippen molar-refractivity contribution in [2.24, 2.45) is 5.92 Å². The molecule has 0 aromatic rings. The number of nitrogens with zero attached hydrogens (tertiary/aromatic N) is 1. The van der Waals surface area contributed by atoms with Crippen LogP contribution in [0, 0.1) is 5.92 Å². The van der Waals surface area contributed by atoms with Gasteiger partial charge in [0.25, 0.3) is 0 Å². The predicted molar refractivity (Wildman–Crippen MR) is 55.2 cm³/mol. The first-order valence-electron chi connectivity index (χ1n) is 4.97. The molecule has 1 aliphatic heterocycles. The Morgan fingerprint density at radius 3 is 2.62 bits per heavy atom. The molecule has 0 bridgehead atoms. The van der Waals surface area contributed by atoms with Crippen LogP contribution in [0.1, 0.15) is 13.3 Å². The van der Waals surface area contributed by atoms with Crippen molar-refractivity contribution in [3.63, 3.8) is 0 Å². The van der Waals surface area contributed by atoms with Gasteiger partial charge in [-0.05, 0) is 6.42 Å². The standard InChI is InChI=1S/C10H13ClF3NO/c1-7(6-11)9(16)15-4-2-8(3-5-15)10(12,13)14/h2,7H,3-6H2,1H3. The molecule has 2 nitrogen and oxygen atoms in total. The van der Waals surface area contributed by atoms with E-state index < -0.39 is 11.7 Å². The molecule has 0 radical (unpaired) electrons. The molecule has 1 aliphatic rings. The van der Waals surface area contributed by atoms with E-state index in [1.807, 2.05) is 0 Å². The number of alkyl halides is 4. The Hall–Kier alpha value is -0.710. The highest BCUT2D eigenvalue weighted by Crippen LogP contribution is 2.30. The van der Waals surface area contributed by atoms with E-state index in [4.69, 9.17) is 11.6 Å². The fourth-order valence-corrected chi connectivity index (χ4v) is 1.64. The van der Waals surface area contributed by atoms with Gasteiger partial charge < -0.3 is 4.90 Å². The van der Waals surface area contributed by atoms with Crippen LogP contribution >= 0.6 is 11.6 Å². The Labute approximate surface area is 97.0 Å². The van der Waals surface area contributed by atoms with Gasteiger partial charge in [0.1, 0.15) is 0 Å². The van der Waals surface area contributed by atoms with Crippen LogP contribution < -0.4 is 0 Å². The van der Waals surface area contributed by atoms with Crippen LogP contribution in [0.3, 0.4) is 0 Å². The lowest BCUT2D eigenvalue weighted by atomic mass is 10.1. The Kier molecular flexibility index (Phi) is 4.24. The first-order valence-corrected chi connectivity index (χ1v) is 5.50. The van der Waals surface area contributed by atoms with Gasteiger partial charge in [-0.1, -0.05) is 13.0 Å². The minimum Gasteiger partial charge on any atom is -0.338 e. The summed E-state index contributed by atoms with van der Waals surface area (Å²) >= 11 is 5.52.